The van der Waals surface area contributed by atoms with Gasteiger partial charge < -0.3 is 14.4 Å². The number of nitrogens with one attached hydrogen (secondary N) is 1. The van der Waals surface area contributed by atoms with Gasteiger partial charge in [-0.15, -0.1) is 0 Å². The standard InChI is InChI=1S/C13H28N4O2/c1-3-18-11-5-8-15-13(16-14)17-9-6-12(7-10-17)19-4-2/h12H,3-11,14H2,1-2H3,(H,15,16). The van der Waals surface area contributed by atoms with Gasteiger partial charge in [0.1, 0.15) is 0 Å². The van der Waals surface area contributed by atoms with Gasteiger partial charge in [0.15, 0.2) is 0 Å². The highest BCUT2D eigenvalue weighted by Crippen LogP contribution is 2.13. The first kappa shape index (κ1) is 16.2. The lowest BCUT2D eigenvalue weighted by atomic mass is 10.1. The molecule has 0 bridgehead atoms. The molecular formula is C13H28N4O2. The van der Waals surface area contributed by atoms with E-state index in [0.29, 0.717) is 6.10 Å². The zero-order valence-electron chi connectivity index (χ0n) is 12.2. The number of rotatable bonds is 7. The van der Waals surface area contributed by atoms with Crippen molar-refractivity contribution in [3.05, 3.63) is 0 Å². The summed E-state index contributed by atoms with van der Waals surface area (Å²) in [5.74, 6) is 6.34. The lowest BCUT2D eigenvalue weighted by molar-refractivity contribution is 0.0263. The van der Waals surface area contributed by atoms with Crippen LogP contribution in [-0.2, 0) is 9.47 Å². The molecule has 0 amide bonds. The highest BCUT2D eigenvalue weighted by molar-refractivity contribution is 5.79. The van der Waals surface area contributed by atoms with Crippen LogP contribution in [0.2, 0.25) is 0 Å². The van der Waals surface area contributed by atoms with Gasteiger partial charge in [-0.25, -0.2) is 5.84 Å². The molecule has 0 unspecified atom stereocenters. The fourth-order valence-corrected chi connectivity index (χ4v) is 2.20. The molecule has 0 aromatic heterocycles. The Labute approximate surface area is 116 Å². The molecule has 0 spiro atoms. The van der Waals surface area contributed by atoms with E-state index in [1.54, 1.807) is 0 Å². The summed E-state index contributed by atoms with van der Waals surface area (Å²) in [6.45, 7) is 8.97. The number of nitrogens with two attached hydrogens (primary N) is 1. The first-order chi connectivity index (χ1) is 9.31. The predicted octanol–water partition coefficient (Wildman–Crippen LogP) is 0.733. The van der Waals surface area contributed by atoms with E-state index in [2.05, 4.69) is 15.3 Å². The Morgan fingerprint density at radius 3 is 2.63 bits per heavy atom. The van der Waals surface area contributed by atoms with Crippen LogP contribution in [0.15, 0.2) is 4.99 Å². The van der Waals surface area contributed by atoms with E-state index in [-0.39, 0.29) is 0 Å². The van der Waals surface area contributed by atoms with E-state index in [1.807, 2.05) is 13.8 Å². The first-order valence-electron chi connectivity index (χ1n) is 7.27. The molecular weight excluding hydrogens is 244 g/mol. The Bertz CT molecular complexity index is 253. The zero-order chi connectivity index (χ0) is 13.9. The molecule has 0 atom stereocenters. The summed E-state index contributed by atoms with van der Waals surface area (Å²) in [7, 11) is 0. The normalized spacial score (nSPS) is 17.8. The van der Waals surface area contributed by atoms with Crippen molar-refractivity contribution in [2.24, 2.45) is 10.8 Å². The van der Waals surface area contributed by atoms with Crippen molar-refractivity contribution in [3.63, 3.8) is 0 Å². The highest BCUT2D eigenvalue weighted by atomic mass is 16.5. The van der Waals surface area contributed by atoms with Gasteiger partial charge in [0.2, 0.25) is 5.96 Å². The van der Waals surface area contributed by atoms with Crippen molar-refractivity contribution >= 4 is 5.96 Å². The SMILES string of the molecule is CCOCCCN=C(NN)N1CCC(OCC)CC1. The van der Waals surface area contributed by atoms with Gasteiger partial charge in [-0.2, -0.15) is 0 Å². The third-order valence-electron chi connectivity index (χ3n) is 3.19. The minimum absolute atomic E-state index is 0.387. The Morgan fingerprint density at radius 1 is 1.32 bits per heavy atom. The summed E-state index contributed by atoms with van der Waals surface area (Å²) in [5.41, 5.74) is 2.70. The Kier molecular flexibility index (Phi) is 8.53. The van der Waals surface area contributed by atoms with E-state index in [1.165, 1.54) is 0 Å². The third-order valence-corrected chi connectivity index (χ3v) is 3.19. The fraction of sp³-hybridized carbons (Fsp3) is 0.923. The topological polar surface area (TPSA) is 72.1 Å². The molecule has 0 aromatic rings. The number of hydrogen-bond acceptors (Lipinski definition) is 4. The minimum Gasteiger partial charge on any atom is -0.382 e. The summed E-state index contributed by atoms with van der Waals surface area (Å²) < 4.78 is 10.9. The lowest BCUT2D eigenvalue weighted by Gasteiger charge is -2.33. The highest BCUT2D eigenvalue weighted by Gasteiger charge is 2.21. The second kappa shape index (κ2) is 10.00. The Balaban J connectivity index is 2.28. The van der Waals surface area contributed by atoms with Gasteiger partial charge in [0.05, 0.1) is 6.10 Å². The van der Waals surface area contributed by atoms with Gasteiger partial charge in [-0.3, -0.25) is 10.4 Å². The van der Waals surface area contributed by atoms with Crippen LogP contribution in [0.5, 0.6) is 0 Å². The van der Waals surface area contributed by atoms with Crippen molar-refractivity contribution in [3.8, 4) is 0 Å². The van der Waals surface area contributed by atoms with E-state index in [0.717, 1.165) is 64.7 Å². The van der Waals surface area contributed by atoms with Crippen LogP contribution < -0.4 is 11.3 Å². The smallest absolute Gasteiger partial charge is 0.208 e. The third kappa shape index (κ3) is 6.22. The summed E-state index contributed by atoms with van der Waals surface area (Å²) in [6.07, 6.45) is 3.38. The van der Waals surface area contributed by atoms with Crippen LogP contribution in [0.1, 0.15) is 33.1 Å². The fourth-order valence-electron chi connectivity index (χ4n) is 2.20. The second-order valence-electron chi connectivity index (χ2n) is 4.54. The van der Waals surface area contributed by atoms with Crippen LogP contribution in [-0.4, -0.2) is 56.4 Å². The predicted molar refractivity (Wildman–Crippen MR) is 77.0 cm³/mol. The molecule has 0 saturated carbocycles. The van der Waals surface area contributed by atoms with Gasteiger partial charge >= 0.3 is 0 Å². The summed E-state index contributed by atoms with van der Waals surface area (Å²) >= 11 is 0. The number of hydrazine groups is 1. The zero-order valence-corrected chi connectivity index (χ0v) is 12.2. The number of aliphatic imine (C=N–C) groups is 1. The van der Waals surface area contributed by atoms with Gasteiger partial charge in [-0.05, 0) is 33.1 Å². The van der Waals surface area contributed by atoms with Crippen molar-refractivity contribution in [1.29, 1.82) is 0 Å². The van der Waals surface area contributed by atoms with Crippen LogP contribution in [0, 0.1) is 0 Å². The maximum Gasteiger partial charge on any atom is 0.208 e. The molecule has 1 aliphatic rings. The molecule has 1 aliphatic heterocycles. The Morgan fingerprint density at radius 2 is 2.05 bits per heavy atom. The number of hydrogen-bond donors (Lipinski definition) is 2. The second-order valence-corrected chi connectivity index (χ2v) is 4.54. The summed E-state index contributed by atoms with van der Waals surface area (Å²) in [5, 5.41) is 0. The molecule has 1 rings (SSSR count). The van der Waals surface area contributed by atoms with Crippen LogP contribution >= 0.6 is 0 Å². The Hall–Kier alpha value is -0.850. The van der Waals surface area contributed by atoms with Gasteiger partial charge in [0, 0.05) is 39.5 Å². The van der Waals surface area contributed by atoms with Crippen LogP contribution in [0.3, 0.4) is 0 Å². The molecule has 19 heavy (non-hydrogen) atoms. The summed E-state index contributed by atoms with van der Waals surface area (Å²) in [4.78, 5) is 6.69. The lowest BCUT2D eigenvalue weighted by Crippen LogP contribution is -2.49. The number of likely N-dealkylation sites (tertiary alicyclic amines) is 1. The molecule has 1 saturated heterocycles. The molecule has 1 heterocycles. The molecule has 0 radical (unpaired) electrons. The molecule has 0 aromatic carbocycles. The molecule has 6 nitrogen and oxygen atoms in total. The molecule has 0 aliphatic carbocycles. The first-order valence-corrected chi connectivity index (χ1v) is 7.27. The maximum absolute atomic E-state index is 5.64. The van der Waals surface area contributed by atoms with Crippen molar-refractivity contribution in [2.45, 2.75) is 39.2 Å². The van der Waals surface area contributed by atoms with E-state index >= 15 is 0 Å². The van der Waals surface area contributed by atoms with E-state index < -0.39 is 0 Å². The quantitative estimate of drug-likeness (QED) is 0.235. The molecule has 3 N–H and O–H groups in total. The van der Waals surface area contributed by atoms with Crippen molar-refractivity contribution in [2.75, 3.05) is 39.5 Å². The minimum atomic E-state index is 0.387. The molecule has 6 heteroatoms. The van der Waals surface area contributed by atoms with E-state index in [4.69, 9.17) is 15.3 Å². The number of nitrogens with zero attached hydrogens (tertiary/aromatic N) is 2. The van der Waals surface area contributed by atoms with Gasteiger partial charge in [-0.1, -0.05) is 0 Å². The molecule has 1 fully saturated rings. The van der Waals surface area contributed by atoms with Crippen LogP contribution in [0.4, 0.5) is 0 Å². The molecule has 112 valence electrons. The van der Waals surface area contributed by atoms with E-state index in [9.17, 15) is 0 Å². The van der Waals surface area contributed by atoms with Gasteiger partial charge in [0.25, 0.3) is 0 Å². The number of guanidine groups is 1. The van der Waals surface area contributed by atoms with Crippen molar-refractivity contribution < 1.29 is 9.47 Å². The van der Waals surface area contributed by atoms with Crippen LogP contribution in [0.25, 0.3) is 0 Å². The average Bonchev–Trinajstić information content (AvgIpc) is 2.44. The van der Waals surface area contributed by atoms with Crippen molar-refractivity contribution in [1.82, 2.24) is 10.3 Å². The summed E-state index contributed by atoms with van der Waals surface area (Å²) in [6, 6.07) is 0. The average molecular weight is 272 g/mol. The number of ether oxygens (including phenoxy) is 2. The largest absolute Gasteiger partial charge is 0.382 e. The number of piperidine rings is 1. The monoisotopic (exact) mass is 272 g/mol. The maximum atomic E-state index is 5.64.